The predicted molar refractivity (Wildman–Crippen MR) is 90.9 cm³/mol. The van der Waals surface area contributed by atoms with Gasteiger partial charge in [-0.2, -0.15) is 0 Å². The second-order valence-electron chi connectivity index (χ2n) is 7.15. The van der Waals surface area contributed by atoms with E-state index in [4.69, 9.17) is 0 Å². The number of carbonyl (C=O) groups excluding carboxylic acids is 1. The number of piperazine rings is 1. The highest BCUT2D eigenvalue weighted by Gasteiger charge is 2.47. The molecule has 1 aromatic carbocycles. The molecule has 0 spiro atoms. The molecule has 2 atom stereocenters. The first-order valence-corrected chi connectivity index (χ1v) is 8.93. The average Bonchev–Trinajstić information content (AvgIpc) is 2.92. The minimum absolute atomic E-state index is 0.286. The summed E-state index contributed by atoms with van der Waals surface area (Å²) in [5, 5.41) is 1.30. The molecule has 4 nitrogen and oxygen atoms in total. The van der Waals surface area contributed by atoms with Gasteiger partial charge >= 0.3 is 0 Å². The van der Waals surface area contributed by atoms with Crippen molar-refractivity contribution in [2.24, 2.45) is 0 Å². The van der Waals surface area contributed by atoms with E-state index in [0.29, 0.717) is 18.5 Å². The number of carbonyl (C=O) groups is 1. The van der Waals surface area contributed by atoms with E-state index in [2.05, 4.69) is 41.0 Å². The van der Waals surface area contributed by atoms with Crippen LogP contribution in [0.1, 0.15) is 41.9 Å². The molecule has 5 rings (SSSR count). The molecule has 0 N–H and O–H groups in total. The van der Waals surface area contributed by atoms with E-state index < -0.39 is 0 Å². The van der Waals surface area contributed by atoms with E-state index >= 15 is 0 Å². The average molecular weight is 309 g/mol. The Labute approximate surface area is 136 Å². The molecule has 0 bridgehead atoms. The van der Waals surface area contributed by atoms with Crippen LogP contribution in [0.5, 0.6) is 0 Å². The van der Waals surface area contributed by atoms with Crippen molar-refractivity contribution in [3.8, 4) is 0 Å². The summed E-state index contributed by atoms with van der Waals surface area (Å²) in [6.45, 7) is 6.72. The zero-order valence-electron chi connectivity index (χ0n) is 13.7. The highest BCUT2D eigenvalue weighted by atomic mass is 16.2. The van der Waals surface area contributed by atoms with Crippen molar-refractivity contribution in [2.75, 3.05) is 26.2 Å². The Balaban J connectivity index is 1.74. The molecule has 3 aliphatic rings. The fraction of sp³-hybridized carbons (Fsp3) is 0.526. The molecule has 3 aliphatic heterocycles. The van der Waals surface area contributed by atoms with Crippen LogP contribution in [-0.4, -0.2) is 52.5 Å². The lowest BCUT2D eigenvalue weighted by Gasteiger charge is -2.51. The Bertz CT molecular complexity index is 793. The minimum Gasteiger partial charge on any atom is -0.297 e. The van der Waals surface area contributed by atoms with Crippen LogP contribution >= 0.6 is 0 Å². The van der Waals surface area contributed by atoms with Gasteiger partial charge in [0.05, 0.1) is 11.6 Å². The van der Waals surface area contributed by atoms with Gasteiger partial charge in [-0.05, 0) is 31.0 Å². The molecular weight excluding hydrogens is 286 g/mol. The maximum Gasteiger partial charge on any atom is 0.233 e. The molecular formula is C19H23N3O. The summed E-state index contributed by atoms with van der Waals surface area (Å²) in [5.41, 5.74) is 3.85. The van der Waals surface area contributed by atoms with Crippen LogP contribution in [0, 0.1) is 0 Å². The van der Waals surface area contributed by atoms with Crippen LogP contribution in [-0.2, 0) is 6.42 Å². The Morgan fingerprint density at radius 2 is 2.04 bits per heavy atom. The van der Waals surface area contributed by atoms with E-state index in [9.17, 15) is 4.79 Å². The largest absolute Gasteiger partial charge is 0.297 e. The van der Waals surface area contributed by atoms with Crippen LogP contribution < -0.4 is 0 Å². The third kappa shape index (κ3) is 1.76. The Morgan fingerprint density at radius 3 is 2.91 bits per heavy atom. The maximum absolute atomic E-state index is 13.0. The predicted octanol–water partition coefficient (Wildman–Crippen LogP) is 2.68. The summed E-state index contributed by atoms with van der Waals surface area (Å²) in [6, 6.07) is 9.24. The normalized spacial score (nSPS) is 27.4. The van der Waals surface area contributed by atoms with Gasteiger partial charge in [0.1, 0.15) is 0 Å². The molecule has 0 unspecified atom stereocenters. The zero-order valence-corrected chi connectivity index (χ0v) is 13.7. The number of nitrogens with zero attached hydrogens (tertiary/aromatic N) is 3. The topological polar surface area (TPSA) is 28.5 Å². The Morgan fingerprint density at radius 1 is 1.17 bits per heavy atom. The maximum atomic E-state index is 13.0. The quantitative estimate of drug-likeness (QED) is 0.854. The summed E-state index contributed by atoms with van der Waals surface area (Å²) < 4.78 is 2.05. The van der Waals surface area contributed by atoms with Crippen LogP contribution in [0.15, 0.2) is 24.3 Å². The van der Waals surface area contributed by atoms with Crippen molar-refractivity contribution in [1.82, 2.24) is 14.4 Å². The molecule has 2 aromatic rings. The summed E-state index contributed by atoms with van der Waals surface area (Å²) in [4.78, 5) is 18.2. The molecule has 0 amide bonds. The van der Waals surface area contributed by atoms with Gasteiger partial charge in [0, 0.05) is 43.2 Å². The number of para-hydroxylation sites is 1. The number of hydrogen-bond donors (Lipinski definition) is 0. The van der Waals surface area contributed by atoms with E-state index in [0.717, 1.165) is 44.5 Å². The summed E-state index contributed by atoms with van der Waals surface area (Å²) in [5.74, 6) is 0.286. The van der Waals surface area contributed by atoms with Crippen LogP contribution in [0.25, 0.3) is 10.9 Å². The molecule has 4 heteroatoms. The SMILES string of the molecule is CCCN1CCN2CCc3c4n(c5ccccc35)C(=O)C[C@@H]1[C@H]42. The second kappa shape index (κ2) is 4.92. The van der Waals surface area contributed by atoms with E-state index in [1.807, 2.05) is 4.57 Å². The summed E-state index contributed by atoms with van der Waals surface area (Å²) >= 11 is 0. The second-order valence-corrected chi connectivity index (χ2v) is 7.15. The fourth-order valence-electron chi connectivity index (χ4n) is 5.11. The van der Waals surface area contributed by atoms with Gasteiger partial charge in [-0.1, -0.05) is 25.1 Å². The number of benzene rings is 1. The van der Waals surface area contributed by atoms with Gasteiger partial charge in [-0.25, -0.2) is 0 Å². The van der Waals surface area contributed by atoms with Crippen molar-refractivity contribution in [2.45, 2.75) is 38.3 Å². The molecule has 0 saturated carbocycles. The van der Waals surface area contributed by atoms with Crippen molar-refractivity contribution >= 4 is 16.8 Å². The third-order valence-electron chi connectivity index (χ3n) is 5.99. The number of fused-ring (bicyclic) bond motifs is 3. The van der Waals surface area contributed by atoms with Gasteiger partial charge in [0.25, 0.3) is 0 Å². The molecule has 0 aliphatic carbocycles. The Kier molecular flexibility index (Phi) is 2.94. The van der Waals surface area contributed by atoms with E-state index in [-0.39, 0.29) is 5.91 Å². The van der Waals surface area contributed by atoms with Crippen molar-refractivity contribution in [3.05, 3.63) is 35.5 Å². The standard InChI is InChI=1S/C19H23N3O/c1-2-8-20-10-11-21-9-7-14-13-5-3-4-6-15(13)22-17(23)12-16(20)19(21)18(14)22/h3-6,16,19H,2,7-12H2,1H3/t16-,19-/m1/s1. The van der Waals surface area contributed by atoms with Gasteiger partial charge in [-0.3, -0.25) is 19.2 Å². The van der Waals surface area contributed by atoms with Crippen LogP contribution in [0.4, 0.5) is 0 Å². The van der Waals surface area contributed by atoms with Gasteiger partial charge in [-0.15, -0.1) is 0 Å². The first kappa shape index (κ1) is 13.8. The first-order valence-electron chi connectivity index (χ1n) is 8.93. The van der Waals surface area contributed by atoms with Crippen molar-refractivity contribution < 1.29 is 4.79 Å². The molecule has 1 fully saturated rings. The molecule has 0 radical (unpaired) electrons. The monoisotopic (exact) mass is 309 g/mol. The highest BCUT2D eigenvalue weighted by molar-refractivity contribution is 5.97. The Hall–Kier alpha value is -1.65. The fourth-order valence-corrected chi connectivity index (χ4v) is 5.11. The zero-order chi connectivity index (χ0) is 15.6. The molecule has 4 heterocycles. The highest BCUT2D eigenvalue weighted by Crippen LogP contribution is 2.45. The number of rotatable bonds is 2. The van der Waals surface area contributed by atoms with Crippen molar-refractivity contribution in [1.29, 1.82) is 0 Å². The van der Waals surface area contributed by atoms with E-state index in [1.165, 1.54) is 16.6 Å². The lowest BCUT2D eigenvalue weighted by Crippen LogP contribution is -2.59. The van der Waals surface area contributed by atoms with Crippen LogP contribution in [0.3, 0.4) is 0 Å². The summed E-state index contributed by atoms with van der Waals surface area (Å²) in [7, 11) is 0. The molecule has 1 saturated heterocycles. The first-order chi connectivity index (χ1) is 11.3. The van der Waals surface area contributed by atoms with E-state index in [1.54, 1.807) is 0 Å². The third-order valence-corrected chi connectivity index (χ3v) is 5.99. The number of hydrogen-bond acceptors (Lipinski definition) is 3. The van der Waals surface area contributed by atoms with Gasteiger partial charge < -0.3 is 0 Å². The lowest BCUT2D eigenvalue weighted by atomic mass is 9.86. The lowest BCUT2D eigenvalue weighted by molar-refractivity contribution is -0.00276. The molecule has 120 valence electrons. The van der Waals surface area contributed by atoms with Crippen LogP contribution in [0.2, 0.25) is 0 Å². The van der Waals surface area contributed by atoms with Gasteiger partial charge in [0.2, 0.25) is 5.91 Å². The van der Waals surface area contributed by atoms with Crippen molar-refractivity contribution in [3.63, 3.8) is 0 Å². The number of aromatic nitrogens is 1. The minimum atomic E-state index is 0.286. The molecule has 1 aromatic heterocycles. The smallest absolute Gasteiger partial charge is 0.233 e. The summed E-state index contributed by atoms with van der Waals surface area (Å²) in [6.07, 6.45) is 2.90. The van der Waals surface area contributed by atoms with Gasteiger partial charge in [0.15, 0.2) is 0 Å². The molecule has 23 heavy (non-hydrogen) atoms.